The molecule has 1 N–H and O–H groups in total. The summed E-state index contributed by atoms with van der Waals surface area (Å²) in [6.07, 6.45) is 1.60. The van der Waals surface area contributed by atoms with Crippen molar-refractivity contribution in [3.63, 3.8) is 0 Å². The van der Waals surface area contributed by atoms with Crippen molar-refractivity contribution in [3.05, 3.63) is 63.3 Å². The highest BCUT2D eigenvalue weighted by atomic mass is 16.6. The van der Waals surface area contributed by atoms with Gasteiger partial charge in [-0.15, -0.1) is 0 Å². The number of morpholine rings is 1. The van der Waals surface area contributed by atoms with Crippen LogP contribution in [0.4, 0.5) is 22.7 Å². The molecule has 1 saturated heterocycles. The fourth-order valence-corrected chi connectivity index (χ4v) is 3.89. The molecular formula is C23H21N5O5. The maximum atomic E-state index is 12.5. The maximum Gasteiger partial charge on any atom is 0.345 e. The third-order valence-electron chi connectivity index (χ3n) is 5.53. The van der Waals surface area contributed by atoms with Crippen LogP contribution in [0.25, 0.3) is 10.9 Å². The molecular weight excluding hydrogens is 426 g/mol. The summed E-state index contributed by atoms with van der Waals surface area (Å²) in [6, 6.07) is 10.4. The van der Waals surface area contributed by atoms with Crippen LogP contribution in [0, 0.1) is 28.4 Å². The molecule has 0 saturated carbocycles. The Balaban J connectivity index is 1.93. The zero-order valence-electron chi connectivity index (χ0n) is 18.1. The number of nitro benzene ring substituents is 1. The molecule has 168 valence electrons. The van der Waals surface area contributed by atoms with Crippen LogP contribution >= 0.6 is 0 Å². The van der Waals surface area contributed by atoms with Crippen molar-refractivity contribution in [1.82, 2.24) is 4.98 Å². The summed E-state index contributed by atoms with van der Waals surface area (Å²) < 4.78 is 10.2. The molecule has 4 rings (SSSR count). The lowest BCUT2D eigenvalue weighted by molar-refractivity contribution is -0.384. The SMILES string of the molecule is COC(=O)c1cc(N2CCOCC2)cc(Nc2c(C)cnc3c(C#N)cccc23)c1[N+](=O)[O-]. The summed E-state index contributed by atoms with van der Waals surface area (Å²) >= 11 is 0. The van der Waals surface area contributed by atoms with E-state index >= 15 is 0 Å². The second-order valence-corrected chi connectivity index (χ2v) is 7.49. The fourth-order valence-electron chi connectivity index (χ4n) is 3.89. The van der Waals surface area contributed by atoms with Crippen molar-refractivity contribution in [3.8, 4) is 6.07 Å². The first kappa shape index (κ1) is 22.0. The predicted octanol–water partition coefficient (Wildman–Crippen LogP) is 3.69. The van der Waals surface area contributed by atoms with Gasteiger partial charge in [-0.2, -0.15) is 5.26 Å². The highest BCUT2D eigenvalue weighted by Gasteiger charge is 2.29. The number of ether oxygens (including phenoxy) is 2. The summed E-state index contributed by atoms with van der Waals surface area (Å²) in [4.78, 5) is 30.3. The number of carbonyl (C=O) groups excluding carboxylic acids is 1. The first-order valence-electron chi connectivity index (χ1n) is 10.2. The van der Waals surface area contributed by atoms with Gasteiger partial charge in [-0.3, -0.25) is 15.1 Å². The van der Waals surface area contributed by atoms with E-state index in [4.69, 9.17) is 9.47 Å². The number of esters is 1. The quantitative estimate of drug-likeness (QED) is 0.353. The third-order valence-corrected chi connectivity index (χ3v) is 5.53. The fraction of sp³-hybridized carbons (Fsp3) is 0.261. The standard InChI is InChI=1S/C23H21N5O5/c1-14-13-25-21-15(12-24)4-3-5-17(21)20(14)26-19-11-16(27-6-8-33-9-7-27)10-18(23(29)32-2)22(19)28(30)31/h3-5,10-11,13H,6-9H2,1-2H3,(H,25,26). The van der Waals surface area contributed by atoms with Crippen LogP contribution in [0.1, 0.15) is 21.5 Å². The van der Waals surface area contributed by atoms with Gasteiger partial charge in [0.1, 0.15) is 17.3 Å². The van der Waals surface area contributed by atoms with Gasteiger partial charge < -0.3 is 19.7 Å². The Labute approximate surface area is 189 Å². The molecule has 2 heterocycles. The number of anilines is 3. The number of aryl methyl sites for hydroxylation is 1. The smallest absolute Gasteiger partial charge is 0.345 e. The van der Waals surface area contributed by atoms with Gasteiger partial charge in [0.15, 0.2) is 0 Å². The number of rotatable bonds is 5. The second-order valence-electron chi connectivity index (χ2n) is 7.49. The molecule has 10 nitrogen and oxygen atoms in total. The van der Waals surface area contributed by atoms with E-state index in [2.05, 4.69) is 16.4 Å². The number of pyridine rings is 1. The van der Waals surface area contributed by atoms with E-state index in [0.29, 0.717) is 54.1 Å². The topological polar surface area (TPSA) is 131 Å². The molecule has 33 heavy (non-hydrogen) atoms. The van der Waals surface area contributed by atoms with E-state index in [-0.39, 0.29) is 16.9 Å². The number of nitrogens with zero attached hydrogens (tertiary/aromatic N) is 4. The molecule has 0 amide bonds. The van der Waals surface area contributed by atoms with Gasteiger partial charge in [-0.25, -0.2) is 4.79 Å². The molecule has 0 unspecified atom stereocenters. The number of aromatic nitrogens is 1. The van der Waals surface area contributed by atoms with Crippen LogP contribution in [0.5, 0.6) is 0 Å². The van der Waals surface area contributed by atoms with Gasteiger partial charge in [-0.1, -0.05) is 12.1 Å². The normalized spacial score (nSPS) is 13.4. The van der Waals surface area contributed by atoms with Gasteiger partial charge >= 0.3 is 11.7 Å². The minimum atomic E-state index is -0.803. The van der Waals surface area contributed by atoms with Crippen LogP contribution < -0.4 is 10.2 Å². The molecule has 2 aromatic carbocycles. The Hall–Kier alpha value is -4.23. The summed E-state index contributed by atoms with van der Waals surface area (Å²) in [5.74, 6) is -0.803. The number of nitrogens with one attached hydrogen (secondary N) is 1. The van der Waals surface area contributed by atoms with E-state index in [0.717, 1.165) is 5.56 Å². The predicted molar refractivity (Wildman–Crippen MR) is 122 cm³/mol. The number of para-hydroxylation sites is 1. The number of benzene rings is 2. The van der Waals surface area contributed by atoms with Crippen LogP contribution in [-0.4, -0.2) is 49.3 Å². The number of nitro groups is 1. The molecule has 0 radical (unpaired) electrons. The molecule has 0 aliphatic carbocycles. The van der Waals surface area contributed by atoms with Crippen LogP contribution in [0.2, 0.25) is 0 Å². The Kier molecular flexibility index (Phi) is 6.06. The molecule has 0 spiro atoms. The van der Waals surface area contributed by atoms with Crippen molar-refractivity contribution in [1.29, 1.82) is 5.26 Å². The molecule has 1 aromatic heterocycles. The molecule has 3 aromatic rings. The van der Waals surface area contributed by atoms with Crippen molar-refractivity contribution in [2.45, 2.75) is 6.92 Å². The van der Waals surface area contributed by atoms with Gasteiger partial charge in [-0.05, 0) is 30.7 Å². The minimum Gasteiger partial charge on any atom is -0.465 e. The van der Waals surface area contributed by atoms with Gasteiger partial charge in [0.05, 0.1) is 42.0 Å². The molecule has 10 heteroatoms. The Bertz CT molecular complexity index is 1290. The number of methoxy groups -OCH3 is 1. The molecule has 1 aliphatic rings. The number of nitriles is 1. The van der Waals surface area contributed by atoms with Crippen LogP contribution in [0.15, 0.2) is 36.5 Å². The number of fused-ring (bicyclic) bond motifs is 1. The molecule has 0 bridgehead atoms. The number of carbonyl (C=O) groups is 1. The van der Waals surface area contributed by atoms with E-state index in [9.17, 15) is 20.2 Å². The lowest BCUT2D eigenvalue weighted by Crippen LogP contribution is -2.36. The van der Waals surface area contributed by atoms with Gasteiger partial charge in [0.25, 0.3) is 0 Å². The number of hydrogen-bond donors (Lipinski definition) is 1. The average Bonchev–Trinajstić information content (AvgIpc) is 2.84. The highest BCUT2D eigenvalue weighted by Crippen LogP contribution is 2.39. The highest BCUT2D eigenvalue weighted by molar-refractivity contribution is 6.02. The first-order valence-corrected chi connectivity index (χ1v) is 10.2. The minimum absolute atomic E-state index is 0.141. The number of hydrogen-bond acceptors (Lipinski definition) is 9. The summed E-state index contributed by atoms with van der Waals surface area (Å²) in [5, 5.41) is 25.3. The zero-order valence-corrected chi connectivity index (χ0v) is 18.1. The van der Waals surface area contributed by atoms with Crippen molar-refractivity contribution in [2.75, 3.05) is 43.6 Å². The van der Waals surface area contributed by atoms with E-state index < -0.39 is 10.9 Å². The van der Waals surface area contributed by atoms with Crippen molar-refractivity contribution in [2.24, 2.45) is 0 Å². The maximum absolute atomic E-state index is 12.5. The first-order chi connectivity index (χ1) is 15.9. The van der Waals surface area contributed by atoms with Crippen molar-refractivity contribution < 1.29 is 19.2 Å². The van der Waals surface area contributed by atoms with Crippen LogP contribution in [0.3, 0.4) is 0 Å². The monoisotopic (exact) mass is 447 g/mol. The Morgan fingerprint density at radius 2 is 2.09 bits per heavy atom. The van der Waals surface area contributed by atoms with E-state index in [1.54, 1.807) is 30.5 Å². The van der Waals surface area contributed by atoms with Gasteiger partial charge in [0.2, 0.25) is 0 Å². The van der Waals surface area contributed by atoms with E-state index in [1.807, 2.05) is 11.8 Å². The lowest BCUT2D eigenvalue weighted by atomic mass is 10.0. The Morgan fingerprint density at radius 3 is 2.76 bits per heavy atom. The summed E-state index contributed by atoms with van der Waals surface area (Å²) in [5.41, 5.74) is 2.40. The summed E-state index contributed by atoms with van der Waals surface area (Å²) in [6.45, 7) is 4.00. The molecule has 1 fully saturated rings. The Morgan fingerprint density at radius 1 is 1.33 bits per heavy atom. The third kappa shape index (κ3) is 4.14. The second kappa shape index (κ2) is 9.10. The molecule has 1 aliphatic heterocycles. The molecule has 0 atom stereocenters. The lowest BCUT2D eigenvalue weighted by Gasteiger charge is -2.29. The van der Waals surface area contributed by atoms with Gasteiger partial charge in [0, 0.05) is 30.4 Å². The summed E-state index contributed by atoms with van der Waals surface area (Å²) in [7, 11) is 1.19. The largest absolute Gasteiger partial charge is 0.465 e. The zero-order chi connectivity index (χ0) is 23.5. The van der Waals surface area contributed by atoms with E-state index in [1.165, 1.54) is 13.2 Å². The van der Waals surface area contributed by atoms with Crippen molar-refractivity contribution >= 4 is 39.6 Å². The average molecular weight is 447 g/mol. The van der Waals surface area contributed by atoms with Crippen LogP contribution in [-0.2, 0) is 9.47 Å².